The number of rotatable bonds is 1. The number of hydrogen-bond acceptors (Lipinski definition) is 3. The van der Waals surface area contributed by atoms with Gasteiger partial charge in [-0.1, -0.05) is 12.8 Å². The fourth-order valence-corrected chi connectivity index (χ4v) is 4.08. The summed E-state index contributed by atoms with van der Waals surface area (Å²) in [6.07, 6.45) is 6.56. The van der Waals surface area contributed by atoms with Crippen LogP contribution in [0.5, 0.6) is 0 Å². The first-order valence-corrected chi connectivity index (χ1v) is 7.11. The smallest absolute Gasteiger partial charge is 0.230 e. The quantitative estimate of drug-likeness (QED) is 0.717. The molecule has 2 amide bonds. The molecule has 18 heavy (non-hydrogen) atoms. The predicted molar refractivity (Wildman–Crippen MR) is 67.9 cm³/mol. The van der Waals surface area contributed by atoms with Crippen LogP contribution in [0.25, 0.3) is 0 Å². The first-order valence-electron chi connectivity index (χ1n) is 7.11. The molecule has 3 fully saturated rings. The Morgan fingerprint density at radius 2 is 1.67 bits per heavy atom. The van der Waals surface area contributed by atoms with Crippen molar-refractivity contribution in [3.8, 4) is 0 Å². The molecular formula is C14H22N2O2. The summed E-state index contributed by atoms with van der Waals surface area (Å²) in [6, 6.07) is 0. The lowest BCUT2D eigenvalue weighted by Gasteiger charge is -2.44. The monoisotopic (exact) mass is 250 g/mol. The number of amides is 2. The Hall–Kier alpha value is -0.900. The fourth-order valence-electron chi connectivity index (χ4n) is 4.08. The van der Waals surface area contributed by atoms with E-state index in [4.69, 9.17) is 0 Å². The van der Waals surface area contributed by atoms with Crippen molar-refractivity contribution in [2.24, 2.45) is 5.41 Å². The standard InChI is InChI=1S/C14H22N2O2/c1-13(6-7-15-10-13)16-11(17)8-14(9-12(16)18)4-2-3-5-14/h15H,2-10H2,1H3. The molecule has 4 heteroatoms. The summed E-state index contributed by atoms with van der Waals surface area (Å²) in [5.74, 6) is 0.138. The van der Waals surface area contributed by atoms with Crippen LogP contribution in [0.4, 0.5) is 0 Å². The fraction of sp³-hybridized carbons (Fsp3) is 0.857. The molecule has 0 aromatic rings. The minimum atomic E-state index is -0.283. The lowest BCUT2D eigenvalue weighted by molar-refractivity contribution is -0.160. The van der Waals surface area contributed by atoms with Gasteiger partial charge in [0.25, 0.3) is 0 Å². The van der Waals surface area contributed by atoms with Crippen LogP contribution in [0.1, 0.15) is 51.9 Å². The third-order valence-electron chi connectivity index (χ3n) is 5.10. The van der Waals surface area contributed by atoms with Gasteiger partial charge in [0.1, 0.15) is 0 Å². The highest BCUT2D eigenvalue weighted by atomic mass is 16.2. The molecule has 1 atom stereocenters. The van der Waals surface area contributed by atoms with Crippen LogP contribution >= 0.6 is 0 Å². The molecule has 3 rings (SSSR count). The Morgan fingerprint density at radius 3 is 2.17 bits per heavy atom. The zero-order valence-electron chi connectivity index (χ0n) is 11.1. The third-order valence-corrected chi connectivity index (χ3v) is 5.10. The van der Waals surface area contributed by atoms with E-state index in [9.17, 15) is 9.59 Å². The number of carbonyl (C=O) groups is 2. The molecule has 2 saturated heterocycles. The van der Waals surface area contributed by atoms with Crippen molar-refractivity contribution in [2.45, 2.75) is 57.4 Å². The summed E-state index contributed by atoms with van der Waals surface area (Å²) >= 11 is 0. The van der Waals surface area contributed by atoms with Gasteiger partial charge >= 0.3 is 0 Å². The SMILES string of the molecule is CC1(N2C(=O)CC3(CCCC3)CC2=O)CCNC1. The maximum atomic E-state index is 12.4. The van der Waals surface area contributed by atoms with E-state index in [1.165, 1.54) is 12.8 Å². The third kappa shape index (κ3) is 1.78. The Bertz CT molecular complexity index is 359. The van der Waals surface area contributed by atoms with Crippen LogP contribution in [0.15, 0.2) is 0 Å². The maximum absolute atomic E-state index is 12.4. The van der Waals surface area contributed by atoms with Crippen molar-refractivity contribution in [3.63, 3.8) is 0 Å². The minimum Gasteiger partial charge on any atom is -0.314 e. The van der Waals surface area contributed by atoms with Crippen molar-refractivity contribution in [2.75, 3.05) is 13.1 Å². The van der Waals surface area contributed by atoms with E-state index in [1.807, 2.05) is 6.92 Å². The van der Waals surface area contributed by atoms with E-state index < -0.39 is 0 Å². The van der Waals surface area contributed by atoms with E-state index in [0.29, 0.717) is 12.8 Å². The molecule has 2 aliphatic heterocycles. The molecule has 100 valence electrons. The Labute approximate surface area is 108 Å². The molecule has 1 saturated carbocycles. The van der Waals surface area contributed by atoms with Gasteiger partial charge in [-0.3, -0.25) is 14.5 Å². The normalized spacial score (nSPS) is 35.7. The van der Waals surface area contributed by atoms with E-state index in [2.05, 4.69) is 5.32 Å². The van der Waals surface area contributed by atoms with Crippen molar-refractivity contribution < 1.29 is 9.59 Å². The van der Waals surface area contributed by atoms with E-state index in [-0.39, 0.29) is 22.8 Å². The van der Waals surface area contributed by atoms with Gasteiger partial charge < -0.3 is 5.32 Å². The molecule has 1 spiro atoms. The summed E-state index contributed by atoms with van der Waals surface area (Å²) in [7, 11) is 0. The summed E-state index contributed by atoms with van der Waals surface area (Å²) in [6.45, 7) is 3.69. The number of nitrogens with zero attached hydrogens (tertiary/aromatic N) is 1. The lowest BCUT2D eigenvalue weighted by atomic mass is 9.75. The summed E-state index contributed by atoms with van der Waals surface area (Å²) in [4.78, 5) is 26.5. The minimum absolute atomic E-state index is 0.0209. The molecule has 1 aliphatic carbocycles. The molecule has 0 radical (unpaired) electrons. The van der Waals surface area contributed by atoms with Gasteiger partial charge in [-0.25, -0.2) is 0 Å². The highest BCUT2D eigenvalue weighted by Gasteiger charge is 2.50. The molecule has 1 unspecified atom stereocenters. The molecule has 3 aliphatic rings. The van der Waals surface area contributed by atoms with Crippen LogP contribution in [-0.2, 0) is 9.59 Å². The second-order valence-corrected chi connectivity index (χ2v) is 6.61. The molecule has 0 aromatic carbocycles. The molecular weight excluding hydrogens is 228 g/mol. The van der Waals surface area contributed by atoms with Crippen LogP contribution in [0.2, 0.25) is 0 Å². The largest absolute Gasteiger partial charge is 0.314 e. The number of hydrogen-bond donors (Lipinski definition) is 1. The topological polar surface area (TPSA) is 49.4 Å². The second-order valence-electron chi connectivity index (χ2n) is 6.61. The lowest BCUT2D eigenvalue weighted by Crippen LogP contribution is -2.58. The Kier molecular flexibility index (Phi) is 2.73. The molecule has 0 aromatic heterocycles. The number of carbonyl (C=O) groups excluding carboxylic acids is 2. The van der Waals surface area contributed by atoms with Crippen molar-refractivity contribution in [1.82, 2.24) is 10.2 Å². The zero-order chi connectivity index (χ0) is 12.8. The predicted octanol–water partition coefficient (Wildman–Crippen LogP) is 1.45. The van der Waals surface area contributed by atoms with Gasteiger partial charge in [-0.2, -0.15) is 0 Å². The molecule has 2 heterocycles. The van der Waals surface area contributed by atoms with E-state index in [0.717, 1.165) is 32.4 Å². The Balaban J connectivity index is 1.82. The summed E-state index contributed by atoms with van der Waals surface area (Å²) < 4.78 is 0. The van der Waals surface area contributed by atoms with Crippen LogP contribution in [0.3, 0.4) is 0 Å². The van der Waals surface area contributed by atoms with E-state index >= 15 is 0 Å². The second kappa shape index (κ2) is 4.05. The van der Waals surface area contributed by atoms with Crippen LogP contribution in [0, 0.1) is 5.41 Å². The van der Waals surface area contributed by atoms with Gasteiger partial charge in [-0.15, -0.1) is 0 Å². The van der Waals surface area contributed by atoms with Gasteiger partial charge in [0.05, 0.1) is 5.54 Å². The van der Waals surface area contributed by atoms with Crippen molar-refractivity contribution in [3.05, 3.63) is 0 Å². The number of imide groups is 1. The number of likely N-dealkylation sites (tertiary alicyclic amines) is 1. The van der Waals surface area contributed by atoms with Crippen LogP contribution < -0.4 is 5.32 Å². The van der Waals surface area contributed by atoms with Gasteiger partial charge in [0, 0.05) is 19.4 Å². The summed E-state index contributed by atoms with van der Waals surface area (Å²) in [5.41, 5.74) is -0.262. The zero-order valence-corrected chi connectivity index (χ0v) is 11.1. The number of nitrogens with one attached hydrogen (secondary N) is 1. The molecule has 4 nitrogen and oxygen atoms in total. The van der Waals surface area contributed by atoms with Crippen molar-refractivity contribution in [1.29, 1.82) is 0 Å². The first-order chi connectivity index (χ1) is 8.55. The van der Waals surface area contributed by atoms with Crippen molar-refractivity contribution >= 4 is 11.8 Å². The average Bonchev–Trinajstić information content (AvgIpc) is 2.88. The average molecular weight is 250 g/mol. The van der Waals surface area contributed by atoms with Gasteiger partial charge in [0.15, 0.2) is 0 Å². The highest BCUT2D eigenvalue weighted by Crippen LogP contribution is 2.48. The van der Waals surface area contributed by atoms with E-state index in [1.54, 1.807) is 4.90 Å². The Morgan fingerprint density at radius 1 is 1.06 bits per heavy atom. The molecule has 1 N–H and O–H groups in total. The molecule has 0 bridgehead atoms. The maximum Gasteiger partial charge on any atom is 0.230 e. The number of piperidine rings is 1. The van der Waals surface area contributed by atoms with Crippen LogP contribution in [-0.4, -0.2) is 35.3 Å². The summed E-state index contributed by atoms with van der Waals surface area (Å²) in [5, 5.41) is 3.27. The highest BCUT2D eigenvalue weighted by molar-refractivity contribution is 5.99. The van der Waals surface area contributed by atoms with Gasteiger partial charge in [0.2, 0.25) is 11.8 Å². The van der Waals surface area contributed by atoms with Gasteiger partial charge in [-0.05, 0) is 38.1 Å². The first kappa shape index (κ1) is 12.2.